The Kier molecular flexibility index (Phi) is 3.21. The van der Waals surface area contributed by atoms with Crippen LogP contribution in [-0.4, -0.2) is 28.7 Å². The topological polar surface area (TPSA) is 58.4 Å². The molecule has 5 heteroatoms. The number of urea groups is 1. The summed E-state index contributed by atoms with van der Waals surface area (Å²) in [6.45, 7) is 1.36. The number of hydrogen-bond donors (Lipinski definition) is 1. The van der Waals surface area contributed by atoms with Crippen LogP contribution in [-0.2, 0) is 13.0 Å². The van der Waals surface area contributed by atoms with Gasteiger partial charge in [-0.25, -0.2) is 4.79 Å². The molecule has 2 amide bonds. The number of aromatic nitrogens is 1. The minimum absolute atomic E-state index is 0.0637. The predicted octanol–water partition coefficient (Wildman–Crippen LogP) is 2.08. The summed E-state index contributed by atoms with van der Waals surface area (Å²) >= 11 is 0. The Hall–Kier alpha value is -1.52. The Morgan fingerprint density at radius 3 is 3.06 bits per heavy atom. The van der Waals surface area contributed by atoms with Crippen LogP contribution < -0.4 is 5.32 Å². The Morgan fingerprint density at radius 1 is 1.39 bits per heavy atom. The molecule has 98 valence electrons. The predicted molar refractivity (Wildman–Crippen MR) is 66.0 cm³/mol. The van der Waals surface area contributed by atoms with Gasteiger partial charge in [-0.1, -0.05) is 24.4 Å². The molecule has 1 aromatic heterocycles. The van der Waals surface area contributed by atoms with Crippen LogP contribution in [0.2, 0.25) is 0 Å². The van der Waals surface area contributed by atoms with E-state index in [2.05, 4.69) is 10.5 Å². The number of rotatable bonds is 1. The van der Waals surface area contributed by atoms with Gasteiger partial charge in [-0.2, -0.15) is 0 Å². The summed E-state index contributed by atoms with van der Waals surface area (Å²) in [6.07, 6.45) is 8.47. The molecule has 0 bridgehead atoms. The maximum Gasteiger partial charge on any atom is 0.317 e. The maximum absolute atomic E-state index is 12.2. The molecular formula is C13H19N3O2. The van der Waals surface area contributed by atoms with E-state index in [4.69, 9.17) is 4.52 Å². The van der Waals surface area contributed by atoms with Crippen molar-refractivity contribution in [2.24, 2.45) is 0 Å². The van der Waals surface area contributed by atoms with E-state index in [1.165, 1.54) is 19.3 Å². The molecule has 3 rings (SSSR count). The lowest BCUT2D eigenvalue weighted by atomic mass is 9.96. The molecule has 1 aliphatic carbocycles. The Bertz CT molecular complexity index is 424. The number of fused-ring (bicyclic) bond motifs is 1. The summed E-state index contributed by atoms with van der Waals surface area (Å²) in [5.74, 6) is 0. The van der Waals surface area contributed by atoms with E-state index >= 15 is 0 Å². The second-order valence-corrected chi connectivity index (χ2v) is 5.24. The zero-order chi connectivity index (χ0) is 12.4. The van der Waals surface area contributed by atoms with Crippen LogP contribution >= 0.6 is 0 Å². The van der Waals surface area contributed by atoms with E-state index in [9.17, 15) is 4.79 Å². The first-order chi connectivity index (χ1) is 8.83. The van der Waals surface area contributed by atoms with Crippen LogP contribution in [0.4, 0.5) is 4.79 Å². The molecule has 1 saturated carbocycles. The van der Waals surface area contributed by atoms with Gasteiger partial charge in [0.15, 0.2) is 0 Å². The molecule has 18 heavy (non-hydrogen) atoms. The van der Waals surface area contributed by atoms with Crippen LogP contribution in [0.3, 0.4) is 0 Å². The minimum atomic E-state index is 0.0637. The van der Waals surface area contributed by atoms with Crippen molar-refractivity contribution < 1.29 is 9.32 Å². The van der Waals surface area contributed by atoms with E-state index in [1.807, 2.05) is 4.90 Å². The van der Waals surface area contributed by atoms with Gasteiger partial charge in [-0.3, -0.25) is 0 Å². The summed E-state index contributed by atoms with van der Waals surface area (Å²) in [5.41, 5.74) is 2.04. The SMILES string of the molecule is O=C(NC1CCCCC1)N1CCc2nocc2C1. The van der Waals surface area contributed by atoms with Crippen molar-refractivity contribution in [3.8, 4) is 0 Å². The largest absolute Gasteiger partial charge is 0.364 e. The molecule has 1 aromatic rings. The van der Waals surface area contributed by atoms with Crippen molar-refractivity contribution in [2.45, 2.75) is 51.1 Å². The number of nitrogens with one attached hydrogen (secondary N) is 1. The van der Waals surface area contributed by atoms with Gasteiger partial charge in [-0.05, 0) is 12.8 Å². The van der Waals surface area contributed by atoms with Gasteiger partial charge in [0.25, 0.3) is 0 Å². The van der Waals surface area contributed by atoms with Gasteiger partial charge in [0, 0.05) is 24.6 Å². The van der Waals surface area contributed by atoms with Crippen molar-refractivity contribution in [2.75, 3.05) is 6.54 Å². The third-order valence-electron chi connectivity index (χ3n) is 3.93. The molecule has 1 fully saturated rings. The summed E-state index contributed by atoms with van der Waals surface area (Å²) in [6, 6.07) is 0.434. The molecular weight excluding hydrogens is 230 g/mol. The molecule has 1 N–H and O–H groups in total. The third kappa shape index (κ3) is 2.35. The second-order valence-electron chi connectivity index (χ2n) is 5.24. The lowest BCUT2D eigenvalue weighted by Gasteiger charge is -2.30. The first-order valence-corrected chi connectivity index (χ1v) is 6.80. The highest BCUT2D eigenvalue weighted by atomic mass is 16.5. The standard InChI is InChI=1S/C13H19N3O2/c17-13(14-11-4-2-1-3-5-11)16-7-6-12-10(8-16)9-18-15-12/h9,11H,1-8H2,(H,14,17). The number of carbonyl (C=O) groups is 1. The van der Waals surface area contributed by atoms with Crippen molar-refractivity contribution in [3.05, 3.63) is 17.5 Å². The van der Waals surface area contributed by atoms with Gasteiger partial charge >= 0.3 is 6.03 Å². The molecule has 0 aromatic carbocycles. The summed E-state index contributed by atoms with van der Waals surface area (Å²) < 4.78 is 4.94. The molecule has 2 aliphatic rings. The second kappa shape index (κ2) is 5.00. The van der Waals surface area contributed by atoms with E-state index < -0.39 is 0 Å². The Balaban J connectivity index is 1.57. The summed E-state index contributed by atoms with van der Waals surface area (Å²) in [4.78, 5) is 14.0. The molecule has 2 heterocycles. The van der Waals surface area contributed by atoms with Gasteiger partial charge in [0.2, 0.25) is 0 Å². The van der Waals surface area contributed by atoms with Crippen molar-refractivity contribution >= 4 is 6.03 Å². The van der Waals surface area contributed by atoms with E-state index in [0.29, 0.717) is 12.6 Å². The first kappa shape index (κ1) is 11.6. The highest BCUT2D eigenvalue weighted by Gasteiger charge is 2.25. The highest BCUT2D eigenvalue weighted by molar-refractivity contribution is 5.74. The fourth-order valence-corrected chi connectivity index (χ4v) is 2.83. The zero-order valence-electron chi connectivity index (χ0n) is 10.5. The van der Waals surface area contributed by atoms with E-state index in [-0.39, 0.29) is 6.03 Å². The molecule has 0 spiro atoms. The lowest BCUT2D eigenvalue weighted by Crippen LogP contribution is -2.47. The highest BCUT2D eigenvalue weighted by Crippen LogP contribution is 2.20. The molecule has 0 atom stereocenters. The maximum atomic E-state index is 12.2. The molecule has 0 radical (unpaired) electrons. The van der Waals surface area contributed by atoms with Crippen LogP contribution in [0.25, 0.3) is 0 Å². The molecule has 0 saturated heterocycles. The Labute approximate surface area is 107 Å². The molecule has 0 unspecified atom stereocenters. The Morgan fingerprint density at radius 2 is 2.22 bits per heavy atom. The summed E-state index contributed by atoms with van der Waals surface area (Å²) in [5, 5.41) is 7.08. The lowest BCUT2D eigenvalue weighted by molar-refractivity contribution is 0.184. The quantitative estimate of drug-likeness (QED) is 0.829. The van der Waals surface area contributed by atoms with Crippen LogP contribution in [0.15, 0.2) is 10.8 Å². The number of amides is 2. The van der Waals surface area contributed by atoms with Crippen LogP contribution in [0.1, 0.15) is 43.4 Å². The third-order valence-corrected chi connectivity index (χ3v) is 3.93. The van der Waals surface area contributed by atoms with E-state index in [0.717, 1.165) is 37.1 Å². The molecule has 5 nitrogen and oxygen atoms in total. The fraction of sp³-hybridized carbons (Fsp3) is 0.692. The smallest absolute Gasteiger partial charge is 0.317 e. The van der Waals surface area contributed by atoms with Gasteiger partial charge in [0.05, 0.1) is 12.2 Å². The number of hydrogen-bond acceptors (Lipinski definition) is 3. The van der Waals surface area contributed by atoms with Gasteiger partial charge in [0.1, 0.15) is 6.26 Å². The summed E-state index contributed by atoms with van der Waals surface area (Å²) in [7, 11) is 0. The van der Waals surface area contributed by atoms with Gasteiger partial charge < -0.3 is 14.7 Å². The fourth-order valence-electron chi connectivity index (χ4n) is 2.83. The molecule has 1 aliphatic heterocycles. The van der Waals surface area contributed by atoms with Crippen LogP contribution in [0.5, 0.6) is 0 Å². The number of nitrogens with zero attached hydrogens (tertiary/aromatic N) is 2. The number of carbonyl (C=O) groups excluding carboxylic acids is 1. The van der Waals surface area contributed by atoms with Crippen molar-refractivity contribution in [1.82, 2.24) is 15.4 Å². The average Bonchev–Trinajstić information content (AvgIpc) is 2.87. The zero-order valence-corrected chi connectivity index (χ0v) is 10.5. The van der Waals surface area contributed by atoms with Crippen LogP contribution in [0, 0.1) is 0 Å². The van der Waals surface area contributed by atoms with Crippen molar-refractivity contribution in [1.29, 1.82) is 0 Å². The normalized spacial score (nSPS) is 20.6. The minimum Gasteiger partial charge on any atom is -0.364 e. The first-order valence-electron chi connectivity index (χ1n) is 6.80. The van der Waals surface area contributed by atoms with Crippen molar-refractivity contribution in [3.63, 3.8) is 0 Å². The van der Waals surface area contributed by atoms with E-state index in [1.54, 1.807) is 6.26 Å². The average molecular weight is 249 g/mol. The monoisotopic (exact) mass is 249 g/mol. The van der Waals surface area contributed by atoms with Gasteiger partial charge in [-0.15, -0.1) is 0 Å².